The van der Waals surface area contributed by atoms with Crippen molar-refractivity contribution in [2.45, 2.75) is 6.54 Å². The zero-order valence-electron chi connectivity index (χ0n) is 13.5. The van der Waals surface area contributed by atoms with Gasteiger partial charge in [0.2, 0.25) is 0 Å². The maximum atomic E-state index is 15.0. The first-order chi connectivity index (χ1) is 12.5. The van der Waals surface area contributed by atoms with Gasteiger partial charge < -0.3 is 9.64 Å². The van der Waals surface area contributed by atoms with Crippen LogP contribution in [-0.4, -0.2) is 40.4 Å². The summed E-state index contributed by atoms with van der Waals surface area (Å²) in [7, 11) is 0. The number of halogens is 3. The van der Waals surface area contributed by atoms with E-state index in [1.165, 1.54) is 9.58 Å². The first-order valence-electron chi connectivity index (χ1n) is 7.86. The van der Waals surface area contributed by atoms with Gasteiger partial charge in [0.1, 0.15) is 17.6 Å². The summed E-state index contributed by atoms with van der Waals surface area (Å²) in [6.45, 7) is 0.274. The number of rotatable bonds is 3. The van der Waals surface area contributed by atoms with E-state index in [0.29, 0.717) is 5.52 Å². The van der Waals surface area contributed by atoms with E-state index < -0.39 is 17.5 Å². The third kappa shape index (κ3) is 3.02. The fourth-order valence-electron chi connectivity index (χ4n) is 2.95. The molecule has 1 saturated heterocycles. The van der Waals surface area contributed by atoms with Gasteiger partial charge in [0, 0.05) is 35.8 Å². The number of fused-ring (bicyclic) bond motifs is 1. The molecule has 0 saturated carbocycles. The van der Waals surface area contributed by atoms with E-state index in [0.717, 1.165) is 17.5 Å². The Balaban J connectivity index is 1.74. The quantitative estimate of drug-likeness (QED) is 0.658. The van der Waals surface area contributed by atoms with Gasteiger partial charge in [-0.2, -0.15) is 5.10 Å². The summed E-state index contributed by atoms with van der Waals surface area (Å²) >= 11 is 5.91. The molecule has 0 unspecified atom stereocenters. The summed E-state index contributed by atoms with van der Waals surface area (Å²) in [5, 5.41) is 5.20. The van der Waals surface area contributed by atoms with E-state index in [2.05, 4.69) is 10.1 Å². The Bertz CT molecular complexity index is 1010. The molecule has 1 aromatic carbocycles. The Morgan fingerprint density at radius 3 is 2.88 bits per heavy atom. The molecule has 0 bridgehead atoms. The van der Waals surface area contributed by atoms with E-state index in [1.807, 2.05) is 0 Å². The minimum Gasteiger partial charge on any atom is -0.370 e. The lowest BCUT2D eigenvalue weighted by Gasteiger charge is -2.27. The topological polar surface area (TPSA) is 60.2 Å². The fourth-order valence-corrected chi connectivity index (χ4v) is 3.10. The van der Waals surface area contributed by atoms with Gasteiger partial charge in [-0.25, -0.2) is 13.8 Å². The molecule has 4 rings (SSSR count). The highest BCUT2D eigenvalue weighted by molar-refractivity contribution is 6.30. The minimum atomic E-state index is -0.662. The number of aromatic nitrogens is 3. The van der Waals surface area contributed by atoms with Gasteiger partial charge in [0.05, 0.1) is 30.6 Å². The molecular formula is C17H13ClF2N4O2. The molecule has 1 amide bonds. The second-order valence-corrected chi connectivity index (χ2v) is 6.25. The van der Waals surface area contributed by atoms with Crippen molar-refractivity contribution >= 4 is 34.1 Å². The van der Waals surface area contributed by atoms with Crippen LogP contribution in [0, 0.1) is 11.6 Å². The van der Waals surface area contributed by atoms with Gasteiger partial charge in [-0.1, -0.05) is 11.6 Å². The lowest BCUT2D eigenvalue weighted by Crippen LogP contribution is -2.42. The molecule has 0 aliphatic carbocycles. The van der Waals surface area contributed by atoms with Crippen molar-refractivity contribution in [1.82, 2.24) is 14.8 Å². The van der Waals surface area contributed by atoms with Crippen LogP contribution in [0.15, 0.2) is 30.6 Å². The number of carbonyl (C=O) groups is 1. The molecule has 2 aromatic heterocycles. The van der Waals surface area contributed by atoms with Crippen LogP contribution >= 0.6 is 11.6 Å². The molecule has 26 heavy (non-hydrogen) atoms. The Morgan fingerprint density at radius 2 is 2.08 bits per heavy atom. The number of pyridine rings is 1. The lowest BCUT2D eigenvalue weighted by molar-refractivity contribution is -0.125. The maximum Gasteiger partial charge on any atom is 0.253 e. The van der Waals surface area contributed by atoms with Gasteiger partial charge in [-0.15, -0.1) is 0 Å². The van der Waals surface area contributed by atoms with Crippen LogP contribution in [0.5, 0.6) is 0 Å². The van der Waals surface area contributed by atoms with Crippen molar-refractivity contribution in [2.24, 2.45) is 0 Å². The maximum absolute atomic E-state index is 15.0. The summed E-state index contributed by atoms with van der Waals surface area (Å²) in [6.07, 6.45) is 3.13. The number of ether oxygens (including phenoxy) is 1. The van der Waals surface area contributed by atoms with Gasteiger partial charge in [0.25, 0.3) is 5.91 Å². The van der Waals surface area contributed by atoms with Crippen LogP contribution in [0.3, 0.4) is 0 Å². The second-order valence-electron chi connectivity index (χ2n) is 5.86. The number of hydrogen-bond acceptors (Lipinski definition) is 4. The monoisotopic (exact) mass is 378 g/mol. The summed E-state index contributed by atoms with van der Waals surface area (Å²) < 4.78 is 35.6. The summed E-state index contributed by atoms with van der Waals surface area (Å²) in [6, 6.07) is 3.72. The number of anilines is 1. The van der Waals surface area contributed by atoms with Crippen LogP contribution in [0.4, 0.5) is 14.5 Å². The zero-order chi connectivity index (χ0) is 18.3. The van der Waals surface area contributed by atoms with Crippen LogP contribution < -0.4 is 4.90 Å². The summed E-state index contributed by atoms with van der Waals surface area (Å²) in [5.74, 6) is -1.70. The van der Waals surface area contributed by atoms with Crippen LogP contribution in [0.2, 0.25) is 5.15 Å². The molecule has 9 heteroatoms. The molecule has 3 aromatic rings. The molecule has 1 aliphatic rings. The Kier molecular flexibility index (Phi) is 4.29. The van der Waals surface area contributed by atoms with Gasteiger partial charge in [-0.05, 0) is 6.07 Å². The van der Waals surface area contributed by atoms with E-state index in [-0.39, 0.29) is 42.7 Å². The fraction of sp³-hybridized carbons (Fsp3) is 0.235. The van der Waals surface area contributed by atoms with Gasteiger partial charge in [-0.3, -0.25) is 9.48 Å². The predicted octanol–water partition coefficient (Wildman–Crippen LogP) is 2.77. The van der Waals surface area contributed by atoms with E-state index >= 15 is 4.39 Å². The molecule has 1 fully saturated rings. The van der Waals surface area contributed by atoms with E-state index in [9.17, 15) is 9.18 Å². The molecule has 6 nitrogen and oxygen atoms in total. The third-order valence-electron chi connectivity index (χ3n) is 4.18. The zero-order valence-corrected chi connectivity index (χ0v) is 14.2. The molecule has 1 aliphatic heterocycles. The normalized spacial score (nSPS) is 15.0. The minimum absolute atomic E-state index is 0.0149. The van der Waals surface area contributed by atoms with E-state index in [4.69, 9.17) is 16.3 Å². The van der Waals surface area contributed by atoms with Gasteiger partial charge >= 0.3 is 0 Å². The van der Waals surface area contributed by atoms with Crippen molar-refractivity contribution in [2.75, 3.05) is 24.7 Å². The summed E-state index contributed by atoms with van der Waals surface area (Å²) in [5.41, 5.74) is 0.638. The molecule has 0 N–H and O–H groups in total. The number of morpholine rings is 1. The standard InChI is InChI=1S/C17H13ClF2N4O2/c18-15-5-13-11(6-21-15)7-22-24(13)8-10-3-12(19)4-14(17(10)20)23-1-2-26-9-16(23)25/h3-7H,1-2,8-9H2. The van der Waals surface area contributed by atoms with E-state index in [1.54, 1.807) is 18.5 Å². The highest BCUT2D eigenvalue weighted by atomic mass is 35.5. The highest BCUT2D eigenvalue weighted by Crippen LogP contribution is 2.27. The average molecular weight is 379 g/mol. The number of hydrogen-bond donors (Lipinski definition) is 0. The SMILES string of the molecule is O=C1COCCN1c1cc(F)cc(Cn2ncc3cnc(Cl)cc32)c1F. The number of amides is 1. The largest absolute Gasteiger partial charge is 0.370 e. The Hall–Kier alpha value is -2.58. The first-order valence-corrected chi connectivity index (χ1v) is 8.24. The average Bonchev–Trinajstić information content (AvgIpc) is 3.00. The summed E-state index contributed by atoms with van der Waals surface area (Å²) in [4.78, 5) is 17.1. The van der Waals surface area contributed by atoms with Crippen LogP contribution in [-0.2, 0) is 16.1 Å². The van der Waals surface area contributed by atoms with Crippen LogP contribution in [0.25, 0.3) is 10.9 Å². The lowest BCUT2D eigenvalue weighted by atomic mass is 10.1. The predicted molar refractivity (Wildman–Crippen MR) is 91.2 cm³/mol. The molecule has 0 radical (unpaired) electrons. The van der Waals surface area contributed by atoms with Crippen molar-refractivity contribution in [3.63, 3.8) is 0 Å². The Morgan fingerprint density at radius 1 is 1.23 bits per heavy atom. The van der Waals surface area contributed by atoms with Crippen molar-refractivity contribution in [3.05, 3.63) is 52.9 Å². The number of carbonyl (C=O) groups excluding carboxylic acids is 1. The number of benzene rings is 1. The number of nitrogens with zero attached hydrogens (tertiary/aromatic N) is 4. The Labute approximate surface area is 151 Å². The van der Waals surface area contributed by atoms with Crippen molar-refractivity contribution in [3.8, 4) is 0 Å². The van der Waals surface area contributed by atoms with Crippen molar-refractivity contribution < 1.29 is 18.3 Å². The molecule has 3 heterocycles. The van der Waals surface area contributed by atoms with Crippen LogP contribution in [0.1, 0.15) is 5.56 Å². The highest BCUT2D eigenvalue weighted by Gasteiger charge is 2.25. The second kappa shape index (κ2) is 6.62. The molecular weight excluding hydrogens is 366 g/mol. The molecule has 134 valence electrons. The first kappa shape index (κ1) is 16.9. The third-order valence-corrected chi connectivity index (χ3v) is 4.39. The van der Waals surface area contributed by atoms with Crippen molar-refractivity contribution in [1.29, 1.82) is 0 Å². The molecule has 0 atom stereocenters. The van der Waals surface area contributed by atoms with Gasteiger partial charge in [0.15, 0.2) is 5.82 Å². The smallest absolute Gasteiger partial charge is 0.253 e. The molecule has 0 spiro atoms.